The van der Waals surface area contributed by atoms with E-state index in [-0.39, 0.29) is 0 Å². The summed E-state index contributed by atoms with van der Waals surface area (Å²) >= 11 is 0. The van der Waals surface area contributed by atoms with Crippen molar-refractivity contribution in [1.82, 2.24) is 4.72 Å². The van der Waals surface area contributed by atoms with Crippen LogP contribution in [0.5, 0.6) is 0 Å². The van der Waals surface area contributed by atoms with Crippen LogP contribution in [0.3, 0.4) is 0 Å². The predicted molar refractivity (Wildman–Crippen MR) is 85.9 cm³/mol. The zero-order chi connectivity index (χ0) is 15.5. The van der Waals surface area contributed by atoms with Gasteiger partial charge in [-0.2, -0.15) is 0 Å². The minimum atomic E-state index is -3.37. The van der Waals surface area contributed by atoms with Crippen LogP contribution in [0.1, 0.15) is 26.2 Å². The van der Waals surface area contributed by atoms with Gasteiger partial charge in [0.25, 0.3) is 0 Å². The molecule has 2 unspecified atom stereocenters. The van der Waals surface area contributed by atoms with Gasteiger partial charge in [-0.3, -0.25) is 0 Å². The molecule has 118 valence electrons. The maximum Gasteiger partial charge on any atom is 0.240 e. The van der Waals surface area contributed by atoms with Crippen molar-refractivity contribution < 1.29 is 8.42 Å². The van der Waals surface area contributed by atoms with Gasteiger partial charge in [0.15, 0.2) is 0 Å². The van der Waals surface area contributed by atoms with Crippen molar-refractivity contribution in [2.75, 3.05) is 25.0 Å². The van der Waals surface area contributed by atoms with E-state index in [1.54, 1.807) is 12.1 Å². The molecule has 21 heavy (non-hydrogen) atoms. The quantitative estimate of drug-likeness (QED) is 0.865. The molecule has 1 aliphatic rings. The maximum absolute atomic E-state index is 11.7. The van der Waals surface area contributed by atoms with Gasteiger partial charge in [-0.15, -0.1) is 0 Å². The highest BCUT2D eigenvalue weighted by Gasteiger charge is 2.27. The van der Waals surface area contributed by atoms with Gasteiger partial charge < -0.3 is 10.6 Å². The van der Waals surface area contributed by atoms with E-state index in [9.17, 15) is 8.42 Å². The van der Waals surface area contributed by atoms with Gasteiger partial charge in [0.05, 0.1) is 4.90 Å². The van der Waals surface area contributed by atoms with Crippen molar-refractivity contribution in [3.8, 4) is 0 Å². The van der Waals surface area contributed by atoms with Gasteiger partial charge in [-0.25, -0.2) is 13.1 Å². The zero-order valence-corrected chi connectivity index (χ0v) is 13.6. The lowest BCUT2D eigenvalue weighted by atomic mass is 9.88. The number of nitrogens with two attached hydrogens (primary N) is 1. The molecule has 0 saturated carbocycles. The SMILES string of the molecule is CCC1CCN(c2ccc(S(=O)(=O)NC)cc2)C(CN)C1. The summed E-state index contributed by atoms with van der Waals surface area (Å²) in [5.41, 5.74) is 6.97. The Hall–Kier alpha value is -1.11. The molecule has 0 aromatic heterocycles. The number of anilines is 1. The standard InChI is InChI=1S/C15H25N3O2S/c1-3-12-8-9-18(14(10-12)11-16)13-4-6-15(7-5-13)21(19,20)17-2/h4-7,12,14,17H,3,8-11,16H2,1-2H3. The van der Waals surface area contributed by atoms with E-state index >= 15 is 0 Å². The van der Waals surface area contributed by atoms with Crippen LogP contribution in [-0.2, 0) is 10.0 Å². The summed E-state index contributed by atoms with van der Waals surface area (Å²) in [6.45, 7) is 3.84. The van der Waals surface area contributed by atoms with Crippen molar-refractivity contribution in [3.63, 3.8) is 0 Å². The van der Waals surface area contributed by atoms with Crippen LogP contribution in [0.15, 0.2) is 29.2 Å². The lowest BCUT2D eigenvalue weighted by molar-refractivity contribution is 0.336. The van der Waals surface area contributed by atoms with Gasteiger partial charge in [-0.05, 0) is 50.1 Å². The van der Waals surface area contributed by atoms with Crippen molar-refractivity contribution in [3.05, 3.63) is 24.3 Å². The first kappa shape index (κ1) is 16.3. The Morgan fingerprint density at radius 2 is 2.00 bits per heavy atom. The molecule has 2 rings (SSSR count). The molecule has 0 amide bonds. The van der Waals surface area contributed by atoms with Crippen LogP contribution in [0, 0.1) is 5.92 Å². The molecule has 0 bridgehead atoms. The Bertz CT molecular complexity index is 557. The van der Waals surface area contributed by atoms with Gasteiger partial charge in [-0.1, -0.05) is 13.3 Å². The Balaban J connectivity index is 2.18. The summed E-state index contributed by atoms with van der Waals surface area (Å²) in [6.07, 6.45) is 3.48. The molecule has 0 radical (unpaired) electrons. The molecular formula is C15H25N3O2S. The highest BCUT2D eigenvalue weighted by Crippen LogP contribution is 2.29. The summed E-state index contributed by atoms with van der Waals surface area (Å²) in [5, 5.41) is 0. The number of sulfonamides is 1. The molecule has 0 spiro atoms. The number of nitrogens with one attached hydrogen (secondary N) is 1. The third kappa shape index (κ3) is 3.56. The van der Waals surface area contributed by atoms with E-state index in [4.69, 9.17) is 5.73 Å². The normalized spacial score (nSPS) is 23.3. The lowest BCUT2D eigenvalue weighted by Gasteiger charge is -2.40. The zero-order valence-electron chi connectivity index (χ0n) is 12.7. The van der Waals surface area contributed by atoms with E-state index in [1.165, 1.54) is 19.9 Å². The second-order valence-corrected chi connectivity index (χ2v) is 7.47. The average Bonchev–Trinajstić information content (AvgIpc) is 2.54. The highest BCUT2D eigenvalue weighted by atomic mass is 32.2. The number of piperidine rings is 1. The van der Waals surface area contributed by atoms with Crippen LogP contribution < -0.4 is 15.4 Å². The number of hydrogen-bond acceptors (Lipinski definition) is 4. The Labute approximate surface area is 127 Å². The van der Waals surface area contributed by atoms with Gasteiger partial charge in [0.2, 0.25) is 10.0 Å². The van der Waals surface area contributed by atoms with Gasteiger partial charge >= 0.3 is 0 Å². The Morgan fingerprint density at radius 1 is 1.33 bits per heavy atom. The maximum atomic E-state index is 11.7. The van der Waals surface area contributed by atoms with Crippen molar-refractivity contribution in [2.24, 2.45) is 11.7 Å². The molecule has 0 aliphatic carbocycles. The molecule has 6 heteroatoms. The van der Waals surface area contributed by atoms with Crippen LogP contribution in [0.25, 0.3) is 0 Å². The van der Waals surface area contributed by atoms with Gasteiger partial charge in [0, 0.05) is 24.8 Å². The topological polar surface area (TPSA) is 75.4 Å². The molecular weight excluding hydrogens is 286 g/mol. The highest BCUT2D eigenvalue weighted by molar-refractivity contribution is 7.89. The van der Waals surface area contributed by atoms with Crippen LogP contribution in [0.2, 0.25) is 0 Å². The molecule has 1 fully saturated rings. The molecule has 1 heterocycles. The summed E-state index contributed by atoms with van der Waals surface area (Å²) in [4.78, 5) is 2.60. The fourth-order valence-corrected chi connectivity index (χ4v) is 3.73. The second kappa shape index (κ2) is 6.77. The first-order chi connectivity index (χ1) is 10.0. The molecule has 1 saturated heterocycles. The first-order valence-electron chi connectivity index (χ1n) is 7.52. The minimum Gasteiger partial charge on any atom is -0.367 e. The molecule has 2 atom stereocenters. The molecule has 1 aliphatic heterocycles. The van der Waals surface area contributed by atoms with E-state index in [0.29, 0.717) is 17.5 Å². The molecule has 1 aromatic rings. The smallest absolute Gasteiger partial charge is 0.240 e. The van der Waals surface area contributed by atoms with Crippen LogP contribution in [0.4, 0.5) is 5.69 Å². The Morgan fingerprint density at radius 3 is 2.52 bits per heavy atom. The molecule has 1 aromatic carbocycles. The monoisotopic (exact) mass is 311 g/mol. The minimum absolute atomic E-state index is 0.293. The largest absolute Gasteiger partial charge is 0.367 e. The fourth-order valence-electron chi connectivity index (χ4n) is 3.00. The van der Waals surface area contributed by atoms with Crippen LogP contribution >= 0.6 is 0 Å². The number of hydrogen-bond donors (Lipinski definition) is 2. The lowest BCUT2D eigenvalue weighted by Crippen LogP contribution is -2.46. The van der Waals surface area contributed by atoms with Crippen molar-refractivity contribution in [1.29, 1.82) is 0 Å². The number of nitrogens with zero attached hydrogens (tertiary/aromatic N) is 1. The third-order valence-electron chi connectivity index (χ3n) is 4.42. The number of benzene rings is 1. The fraction of sp³-hybridized carbons (Fsp3) is 0.600. The Kier molecular flexibility index (Phi) is 5.24. The average molecular weight is 311 g/mol. The molecule has 3 N–H and O–H groups in total. The second-order valence-electron chi connectivity index (χ2n) is 5.58. The summed E-state index contributed by atoms with van der Waals surface area (Å²) in [5.74, 6) is 0.749. The van der Waals surface area contributed by atoms with Crippen molar-refractivity contribution >= 4 is 15.7 Å². The third-order valence-corrected chi connectivity index (χ3v) is 5.85. The van der Waals surface area contributed by atoms with Crippen molar-refractivity contribution in [2.45, 2.75) is 37.1 Å². The van der Waals surface area contributed by atoms with Crippen LogP contribution in [-0.4, -0.2) is 34.6 Å². The summed E-state index contributed by atoms with van der Waals surface area (Å²) in [7, 11) is -1.95. The van der Waals surface area contributed by atoms with E-state index in [0.717, 1.165) is 24.6 Å². The summed E-state index contributed by atoms with van der Waals surface area (Å²) < 4.78 is 25.8. The summed E-state index contributed by atoms with van der Waals surface area (Å²) in [6, 6.07) is 7.40. The first-order valence-corrected chi connectivity index (χ1v) is 9.00. The van der Waals surface area contributed by atoms with Gasteiger partial charge in [0.1, 0.15) is 0 Å². The number of rotatable bonds is 5. The van der Waals surface area contributed by atoms with E-state index in [2.05, 4.69) is 16.5 Å². The molecule has 5 nitrogen and oxygen atoms in total. The van der Waals surface area contributed by atoms with E-state index < -0.39 is 10.0 Å². The predicted octanol–water partition coefficient (Wildman–Crippen LogP) is 1.55. The van der Waals surface area contributed by atoms with E-state index in [1.807, 2.05) is 12.1 Å².